The van der Waals surface area contributed by atoms with E-state index in [9.17, 15) is 18.4 Å². The zero-order valence-electron chi connectivity index (χ0n) is 11.7. The molecule has 114 valence electrons. The summed E-state index contributed by atoms with van der Waals surface area (Å²) in [6, 6.07) is 3.14. The number of carbonyl (C=O) groups excluding carboxylic acids is 2. The van der Waals surface area contributed by atoms with Gasteiger partial charge in [0, 0.05) is 39.2 Å². The lowest BCUT2D eigenvalue weighted by atomic mass is 10.2. The number of rotatable bonds is 3. The maximum atomic E-state index is 13.4. The zero-order valence-corrected chi connectivity index (χ0v) is 11.7. The molecular formula is C14H17F2N3O2. The van der Waals surface area contributed by atoms with Gasteiger partial charge in [-0.3, -0.25) is 9.59 Å². The molecule has 0 spiro atoms. The molecule has 1 aliphatic rings. The van der Waals surface area contributed by atoms with Gasteiger partial charge in [-0.05, 0) is 12.1 Å². The van der Waals surface area contributed by atoms with Gasteiger partial charge in [0.15, 0.2) is 0 Å². The Morgan fingerprint density at radius 1 is 1.14 bits per heavy atom. The third-order valence-electron chi connectivity index (χ3n) is 3.44. The second-order valence-corrected chi connectivity index (χ2v) is 4.86. The van der Waals surface area contributed by atoms with Crippen molar-refractivity contribution in [3.63, 3.8) is 0 Å². The smallest absolute Gasteiger partial charge is 0.241 e. The Bertz CT molecular complexity index is 543. The van der Waals surface area contributed by atoms with E-state index in [0.717, 1.165) is 12.1 Å². The van der Waals surface area contributed by atoms with E-state index in [0.29, 0.717) is 26.2 Å². The van der Waals surface area contributed by atoms with E-state index in [-0.39, 0.29) is 24.0 Å². The Kier molecular flexibility index (Phi) is 4.72. The van der Waals surface area contributed by atoms with Crippen LogP contribution < -0.4 is 5.32 Å². The SMILES string of the molecule is CC(=O)N1CCN(C(=O)CNc2ccc(F)cc2F)CC1. The summed E-state index contributed by atoms with van der Waals surface area (Å²) in [5, 5.41) is 2.66. The molecule has 0 atom stereocenters. The van der Waals surface area contributed by atoms with Gasteiger partial charge in [-0.25, -0.2) is 8.78 Å². The standard InChI is InChI=1S/C14H17F2N3O2/c1-10(20)18-4-6-19(7-5-18)14(21)9-17-13-3-2-11(15)8-12(13)16/h2-3,8,17H,4-7,9H2,1H3. The minimum Gasteiger partial charge on any atom is -0.374 e. The van der Waals surface area contributed by atoms with Crippen LogP contribution in [0.1, 0.15) is 6.92 Å². The second-order valence-electron chi connectivity index (χ2n) is 4.86. The maximum Gasteiger partial charge on any atom is 0.241 e. The molecule has 1 aliphatic heterocycles. The van der Waals surface area contributed by atoms with Gasteiger partial charge in [0.05, 0.1) is 12.2 Å². The van der Waals surface area contributed by atoms with E-state index in [2.05, 4.69) is 5.32 Å². The van der Waals surface area contributed by atoms with E-state index in [1.54, 1.807) is 9.80 Å². The molecule has 0 aliphatic carbocycles. The summed E-state index contributed by atoms with van der Waals surface area (Å²) in [5.74, 6) is -1.58. The van der Waals surface area contributed by atoms with Crippen LogP contribution in [0.15, 0.2) is 18.2 Å². The monoisotopic (exact) mass is 297 g/mol. The molecule has 1 N–H and O–H groups in total. The average molecular weight is 297 g/mol. The van der Waals surface area contributed by atoms with E-state index >= 15 is 0 Å². The van der Waals surface area contributed by atoms with Crippen molar-refractivity contribution in [3.05, 3.63) is 29.8 Å². The molecule has 1 aromatic carbocycles. The lowest BCUT2D eigenvalue weighted by molar-refractivity contribution is -0.137. The van der Waals surface area contributed by atoms with Crippen LogP contribution >= 0.6 is 0 Å². The number of piperazine rings is 1. The Hall–Kier alpha value is -2.18. The summed E-state index contributed by atoms with van der Waals surface area (Å²) in [6.07, 6.45) is 0. The number of amides is 2. The summed E-state index contributed by atoms with van der Waals surface area (Å²) in [5.41, 5.74) is 0.0899. The summed E-state index contributed by atoms with van der Waals surface area (Å²) in [6.45, 7) is 3.37. The van der Waals surface area contributed by atoms with Gasteiger partial charge in [-0.15, -0.1) is 0 Å². The number of nitrogens with one attached hydrogen (secondary N) is 1. The van der Waals surface area contributed by atoms with Gasteiger partial charge in [0.25, 0.3) is 0 Å². The van der Waals surface area contributed by atoms with E-state index in [1.807, 2.05) is 0 Å². The van der Waals surface area contributed by atoms with Crippen LogP contribution in [0.3, 0.4) is 0 Å². The van der Waals surface area contributed by atoms with Crippen LogP contribution in [0.2, 0.25) is 0 Å². The number of hydrogen-bond donors (Lipinski definition) is 1. The van der Waals surface area contributed by atoms with Crippen molar-refractivity contribution in [2.45, 2.75) is 6.92 Å². The van der Waals surface area contributed by atoms with Crippen LogP contribution in [-0.2, 0) is 9.59 Å². The molecule has 1 heterocycles. The summed E-state index contributed by atoms with van der Waals surface area (Å²) in [7, 11) is 0. The fraction of sp³-hybridized carbons (Fsp3) is 0.429. The first kappa shape index (κ1) is 15.2. The van der Waals surface area contributed by atoms with Crippen LogP contribution in [0.5, 0.6) is 0 Å². The molecule has 7 heteroatoms. The minimum atomic E-state index is -0.732. The molecule has 2 rings (SSSR count). The number of nitrogens with zero attached hydrogens (tertiary/aromatic N) is 2. The quantitative estimate of drug-likeness (QED) is 0.908. The molecule has 0 unspecified atom stereocenters. The third kappa shape index (κ3) is 3.90. The van der Waals surface area contributed by atoms with Crippen molar-refractivity contribution in [1.29, 1.82) is 0 Å². The Balaban J connectivity index is 1.84. The second kappa shape index (κ2) is 6.51. The molecule has 2 amide bonds. The molecule has 0 saturated carbocycles. The lowest BCUT2D eigenvalue weighted by Crippen LogP contribution is -2.51. The number of benzene rings is 1. The Labute approximate surface area is 121 Å². The average Bonchev–Trinajstić information content (AvgIpc) is 2.46. The largest absolute Gasteiger partial charge is 0.374 e. The van der Waals surface area contributed by atoms with Gasteiger partial charge in [-0.2, -0.15) is 0 Å². The van der Waals surface area contributed by atoms with Gasteiger partial charge in [0.2, 0.25) is 11.8 Å². The topological polar surface area (TPSA) is 52.7 Å². The molecule has 0 aromatic heterocycles. The van der Waals surface area contributed by atoms with Gasteiger partial charge < -0.3 is 15.1 Å². The van der Waals surface area contributed by atoms with E-state index < -0.39 is 11.6 Å². The van der Waals surface area contributed by atoms with Gasteiger partial charge >= 0.3 is 0 Å². The normalized spacial score (nSPS) is 15.0. The first-order chi connectivity index (χ1) is 9.97. The summed E-state index contributed by atoms with van der Waals surface area (Å²) in [4.78, 5) is 26.5. The van der Waals surface area contributed by atoms with Gasteiger partial charge in [-0.1, -0.05) is 0 Å². The molecule has 1 aromatic rings. The van der Waals surface area contributed by atoms with Gasteiger partial charge in [0.1, 0.15) is 11.6 Å². The summed E-state index contributed by atoms with van der Waals surface area (Å²) >= 11 is 0. The highest BCUT2D eigenvalue weighted by atomic mass is 19.1. The van der Waals surface area contributed by atoms with Crippen molar-refractivity contribution in [2.24, 2.45) is 0 Å². The third-order valence-corrected chi connectivity index (χ3v) is 3.44. The molecular weight excluding hydrogens is 280 g/mol. The Morgan fingerprint density at radius 3 is 2.33 bits per heavy atom. The van der Waals surface area contributed by atoms with Crippen molar-refractivity contribution in [2.75, 3.05) is 38.0 Å². The zero-order chi connectivity index (χ0) is 15.4. The number of anilines is 1. The number of hydrogen-bond acceptors (Lipinski definition) is 3. The highest BCUT2D eigenvalue weighted by molar-refractivity contribution is 5.81. The Morgan fingerprint density at radius 2 is 1.76 bits per heavy atom. The molecule has 0 bridgehead atoms. The van der Waals surface area contributed by atoms with Crippen LogP contribution in [0.25, 0.3) is 0 Å². The van der Waals surface area contributed by atoms with Crippen molar-refractivity contribution in [1.82, 2.24) is 9.80 Å². The predicted molar refractivity (Wildman–Crippen MR) is 73.7 cm³/mol. The number of halogens is 2. The van der Waals surface area contributed by atoms with Crippen LogP contribution in [0, 0.1) is 11.6 Å². The lowest BCUT2D eigenvalue weighted by Gasteiger charge is -2.34. The van der Waals surface area contributed by atoms with Crippen molar-refractivity contribution >= 4 is 17.5 Å². The fourth-order valence-electron chi connectivity index (χ4n) is 2.19. The highest BCUT2D eigenvalue weighted by Gasteiger charge is 2.22. The van der Waals surface area contributed by atoms with E-state index in [1.165, 1.54) is 13.0 Å². The minimum absolute atomic E-state index is 0.00592. The highest BCUT2D eigenvalue weighted by Crippen LogP contribution is 2.14. The van der Waals surface area contributed by atoms with E-state index in [4.69, 9.17) is 0 Å². The predicted octanol–water partition coefficient (Wildman–Crippen LogP) is 1.07. The molecule has 1 fully saturated rings. The van der Waals surface area contributed by atoms with Crippen LogP contribution in [0.4, 0.5) is 14.5 Å². The fourth-order valence-corrected chi connectivity index (χ4v) is 2.19. The first-order valence-corrected chi connectivity index (χ1v) is 6.69. The molecule has 21 heavy (non-hydrogen) atoms. The number of carbonyl (C=O) groups is 2. The van der Waals surface area contributed by atoms with Crippen LogP contribution in [-0.4, -0.2) is 54.3 Å². The molecule has 5 nitrogen and oxygen atoms in total. The maximum absolute atomic E-state index is 13.4. The first-order valence-electron chi connectivity index (χ1n) is 6.69. The molecule has 1 saturated heterocycles. The van der Waals surface area contributed by atoms with Crippen molar-refractivity contribution < 1.29 is 18.4 Å². The van der Waals surface area contributed by atoms with Crippen molar-refractivity contribution in [3.8, 4) is 0 Å². The summed E-state index contributed by atoms with van der Waals surface area (Å²) < 4.78 is 26.2. The molecule has 0 radical (unpaired) electrons.